The van der Waals surface area contributed by atoms with Crippen molar-refractivity contribution in [3.63, 3.8) is 0 Å². The average Bonchev–Trinajstić information content (AvgIpc) is 3.07. The summed E-state index contributed by atoms with van der Waals surface area (Å²) in [6.07, 6.45) is 3.09. The summed E-state index contributed by atoms with van der Waals surface area (Å²) >= 11 is 0. The first-order chi connectivity index (χ1) is 8.62. The maximum absolute atomic E-state index is 11.3. The van der Waals surface area contributed by atoms with E-state index in [1.807, 2.05) is 31.2 Å². The normalized spacial score (nSPS) is 16.5. The molecule has 0 saturated heterocycles. The molecule has 1 aromatic heterocycles. The highest BCUT2D eigenvalue weighted by atomic mass is 16.4. The van der Waals surface area contributed by atoms with Gasteiger partial charge in [0.25, 0.3) is 0 Å². The fourth-order valence-corrected chi connectivity index (χ4v) is 2.14. The molecular formula is C13H13N3O2. The van der Waals surface area contributed by atoms with Crippen molar-refractivity contribution in [2.45, 2.75) is 25.2 Å². The van der Waals surface area contributed by atoms with Crippen molar-refractivity contribution in [1.82, 2.24) is 15.0 Å². The Morgan fingerprint density at radius 1 is 1.44 bits per heavy atom. The number of rotatable bonds is 3. The molecule has 0 bridgehead atoms. The molecule has 1 aromatic carbocycles. The van der Waals surface area contributed by atoms with Gasteiger partial charge in [0.2, 0.25) is 0 Å². The van der Waals surface area contributed by atoms with E-state index in [-0.39, 0.29) is 0 Å². The van der Waals surface area contributed by atoms with Crippen molar-refractivity contribution in [2.24, 2.45) is 0 Å². The lowest BCUT2D eigenvalue weighted by Gasteiger charge is -2.11. The summed E-state index contributed by atoms with van der Waals surface area (Å²) in [5.41, 5.74) is 1.79. The van der Waals surface area contributed by atoms with Crippen molar-refractivity contribution in [2.75, 3.05) is 0 Å². The second-order valence-corrected chi connectivity index (χ2v) is 4.71. The van der Waals surface area contributed by atoms with Crippen molar-refractivity contribution >= 4 is 5.97 Å². The van der Waals surface area contributed by atoms with Gasteiger partial charge in [0.1, 0.15) is 0 Å². The summed E-state index contributed by atoms with van der Waals surface area (Å²) < 4.78 is 0. The zero-order valence-electron chi connectivity index (χ0n) is 10.00. The fraction of sp³-hybridized carbons (Fsp3) is 0.308. The number of nitrogens with zero attached hydrogens (tertiary/aromatic N) is 3. The Hall–Kier alpha value is -2.17. The molecule has 0 radical (unpaired) electrons. The highest BCUT2D eigenvalue weighted by molar-refractivity contribution is 5.85. The summed E-state index contributed by atoms with van der Waals surface area (Å²) in [5, 5.41) is 17.6. The molecule has 1 N–H and O–H groups in total. The van der Waals surface area contributed by atoms with Gasteiger partial charge in [-0.05, 0) is 37.5 Å². The highest BCUT2D eigenvalue weighted by Gasteiger charge is 2.51. The summed E-state index contributed by atoms with van der Waals surface area (Å²) in [6, 6.07) is 7.45. The maximum Gasteiger partial charge on any atom is 0.314 e. The topological polar surface area (TPSA) is 68.0 Å². The van der Waals surface area contributed by atoms with E-state index in [4.69, 9.17) is 0 Å². The molecule has 5 heteroatoms. The van der Waals surface area contributed by atoms with Gasteiger partial charge in [-0.3, -0.25) is 4.79 Å². The van der Waals surface area contributed by atoms with E-state index >= 15 is 0 Å². The van der Waals surface area contributed by atoms with Crippen molar-refractivity contribution in [3.05, 3.63) is 41.7 Å². The molecule has 1 heterocycles. The van der Waals surface area contributed by atoms with Crippen LogP contribution in [0.4, 0.5) is 0 Å². The van der Waals surface area contributed by atoms with Crippen LogP contribution in [-0.2, 0) is 10.2 Å². The van der Waals surface area contributed by atoms with Crippen LogP contribution in [0.1, 0.15) is 24.1 Å². The number of carboxylic acids is 1. The van der Waals surface area contributed by atoms with Crippen molar-refractivity contribution < 1.29 is 9.90 Å². The van der Waals surface area contributed by atoms with E-state index in [2.05, 4.69) is 10.2 Å². The van der Waals surface area contributed by atoms with Gasteiger partial charge < -0.3 is 5.11 Å². The van der Waals surface area contributed by atoms with Crippen LogP contribution in [0.3, 0.4) is 0 Å². The van der Waals surface area contributed by atoms with E-state index < -0.39 is 11.4 Å². The molecular weight excluding hydrogens is 230 g/mol. The van der Waals surface area contributed by atoms with Crippen LogP contribution < -0.4 is 0 Å². The third kappa shape index (κ3) is 1.59. The predicted octanol–water partition coefficient (Wildman–Crippen LogP) is 1.69. The van der Waals surface area contributed by atoms with E-state index in [9.17, 15) is 9.90 Å². The van der Waals surface area contributed by atoms with E-state index in [0.29, 0.717) is 12.8 Å². The first-order valence-corrected chi connectivity index (χ1v) is 5.85. The minimum Gasteiger partial charge on any atom is -0.481 e. The van der Waals surface area contributed by atoms with Gasteiger partial charge in [0.05, 0.1) is 23.0 Å². The molecule has 0 aliphatic heterocycles. The smallest absolute Gasteiger partial charge is 0.314 e. The van der Waals surface area contributed by atoms with Crippen LogP contribution in [0, 0.1) is 6.92 Å². The second-order valence-electron chi connectivity index (χ2n) is 4.71. The Morgan fingerprint density at radius 3 is 2.78 bits per heavy atom. The Balaban J connectivity index is 2.02. The Bertz CT molecular complexity index is 614. The minimum absolute atomic E-state index is 0.682. The largest absolute Gasteiger partial charge is 0.481 e. The molecule has 3 rings (SSSR count). The van der Waals surface area contributed by atoms with E-state index in [1.54, 1.807) is 6.20 Å². The van der Waals surface area contributed by atoms with Crippen LogP contribution in [0.5, 0.6) is 0 Å². The summed E-state index contributed by atoms with van der Waals surface area (Å²) in [6.45, 7) is 1.87. The molecule has 5 nitrogen and oxygen atoms in total. The van der Waals surface area contributed by atoms with Crippen molar-refractivity contribution in [3.8, 4) is 5.69 Å². The van der Waals surface area contributed by atoms with Crippen LogP contribution in [0.15, 0.2) is 30.5 Å². The Labute approximate surface area is 104 Å². The van der Waals surface area contributed by atoms with Gasteiger partial charge in [-0.15, -0.1) is 0 Å². The van der Waals surface area contributed by atoms with Crippen LogP contribution in [0.2, 0.25) is 0 Å². The highest BCUT2D eigenvalue weighted by Crippen LogP contribution is 2.48. The summed E-state index contributed by atoms with van der Waals surface area (Å²) in [5.74, 6) is -0.746. The third-order valence-corrected chi connectivity index (χ3v) is 3.40. The molecule has 2 aromatic rings. The number of aromatic nitrogens is 3. The minimum atomic E-state index is -0.746. The number of carboxylic acid groups (broad SMARTS) is 1. The van der Waals surface area contributed by atoms with Crippen molar-refractivity contribution in [1.29, 1.82) is 0 Å². The zero-order valence-corrected chi connectivity index (χ0v) is 10.00. The SMILES string of the molecule is Cc1cnn(-c2cccc(C3(C(=O)O)CC3)c2)n1. The monoisotopic (exact) mass is 243 g/mol. The quantitative estimate of drug-likeness (QED) is 0.890. The number of aryl methyl sites for hydroxylation is 1. The van der Waals surface area contributed by atoms with Gasteiger partial charge in [0.15, 0.2) is 0 Å². The standard InChI is InChI=1S/C13H13N3O2/c1-9-8-14-16(15-9)11-4-2-3-10(7-11)13(5-6-13)12(17)18/h2-4,7-8H,5-6H2,1H3,(H,17,18). The molecule has 1 fully saturated rings. The van der Waals surface area contributed by atoms with Gasteiger partial charge in [-0.25, -0.2) is 0 Å². The molecule has 0 amide bonds. The molecule has 1 aliphatic rings. The van der Waals surface area contributed by atoms with Gasteiger partial charge >= 0.3 is 5.97 Å². The molecule has 0 spiro atoms. The van der Waals surface area contributed by atoms with Crippen LogP contribution in [0.25, 0.3) is 5.69 Å². The van der Waals surface area contributed by atoms with E-state index in [1.165, 1.54) is 4.80 Å². The summed E-state index contributed by atoms with van der Waals surface area (Å²) in [7, 11) is 0. The summed E-state index contributed by atoms with van der Waals surface area (Å²) in [4.78, 5) is 12.8. The van der Waals surface area contributed by atoms with Crippen LogP contribution in [-0.4, -0.2) is 26.1 Å². The number of hydrogen-bond donors (Lipinski definition) is 1. The average molecular weight is 243 g/mol. The molecule has 0 unspecified atom stereocenters. The lowest BCUT2D eigenvalue weighted by molar-refractivity contribution is -0.140. The van der Waals surface area contributed by atoms with Crippen LogP contribution >= 0.6 is 0 Å². The lowest BCUT2D eigenvalue weighted by Crippen LogP contribution is -2.19. The second kappa shape index (κ2) is 3.66. The Morgan fingerprint density at radius 2 is 2.22 bits per heavy atom. The number of hydrogen-bond acceptors (Lipinski definition) is 3. The van der Waals surface area contributed by atoms with Gasteiger partial charge in [-0.1, -0.05) is 12.1 Å². The van der Waals surface area contributed by atoms with E-state index in [0.717, 1.165) is 16.9 Å². The first-order valence-electron chi connectivity index (χ1n) is 5.85. The lowest BCUT2D eigenvalue weighted by atomic mass is 9.96. The van der Waals surface area contributed by atoms with Gasteiger partial charge in [-0.2, -0.15) is 15.0 Å². The maximum atomic E-state index is 11.3. The number of benzene rings is 1. The zero-order chi connectivity index (χ0) is 12.8. The molecule has 1 aliphatic carbocycles. The number of aliphatic carboxylic acids is 1. The molecule has 0 atom stereocenters. The Kier molecular flexibility index (Phi) is 2.23. The number of carbonyl (C=O) groups is 1. The molecule has 18 heavy (non-hydrogen) atoms. The molecule has 92 valence electrons. The molecule has 1 saturated carbocycles. The third-order valence-electron chi connectivity index (χ3n) is 3.40. The predicted molar refractivity (Wildman–Crippen MR) is 64.6 cm³/mol. The van der Waals surface area contributed by atoms with Gasteiger partial charge in [0, 0.05) is 0 Å². The fourth-order valence-electron chi connectivity index (χ4n) is 2.14. The first kappa shape index (κ1) is 11.0.